The molecule has 0 aromatic carbocycles. The van der Waals surface area contributed by atoms with Crippen molar-refractivity contribution >= 4 is 5.97 Å². The molecule has 8 heteroatoms. The zero-order valence-corrected chi connectivity index (χ0v) is 29.2. The van der Waals surface area contributed by atoms with E-state index in [1.54, 1.807) is 0 Å². The summed E-state index contributed by atoms with van der Waals surface area (Å²) in [5.41, 5.74) is 0. The number of unbranched alkanes of at least 4 members (excludes halogenated alkanes) is 8. The molecule has 0 aromatic heterocycles. The van der Waals surface area contributed by atoms with Crippen LogP contribution in [0.4, 0.5) is 13.2 Å². The largest absolute Gasteiger partial charge is 1.00 e. The molecule has 0 aliphatic carbocycles. The number of rotatable bonds is 24. The Bertz CT molecular complexity index is 449. The number of carbonyl (C=O) groups is 1. The van der Waals surface area contributed by atoms with Crippen LogP contribution in [0.3, 0.4) is 0 Å². The second kappa shape index (κ2) is 31.5. The fourth-order valence-corrected chi connectivity index (χ4v) is 5.29. The van der Waals surface area contributed by atoms with Crippen LogP contribution >= 0.6 is 0 Å². The molecule has 0 aliphatic rings. The minimum absolute atomic E-state index is 0. The molecule has 0 N–H and O–H groups in total. The quantitative estimate of drug-likeness (QED) is 0.0942. The number of hydrogen-bond acceptors (Lipinski definition) is 2. The van der Waals surface area contributed by atoms with Gasteiger partial charge in [0.1, 0.15) is 5.97 Å². The lowest BCUT2D eigenvalue weighted by atomic mass is 10.1. The molecule has 0 radical (unpaired) electrons. The van der Waals surface area contributed by atoms with Gasteiger partial charge in [-0.2, -0.15) is 13.2 Å². The van der Waals surface area contributed by atoms with Crippen molar-refractivity contribution in [2.75, 3.05) is 52.4 Å². The summed E-state index contributed by atoms with van der Waals surface area (Å²) in [7, 11) is 0. The first-order valence-electron chi connectivity index (χ1n) is 17.4. The highest BCUT2D eigenvalue weighted by atomic mass is 19.4. The molecule has 0 bridgehead atoms. The fourth-order valence-electron chi connectivity index (χ4n) is 5.29. The molecule has 4 nitrogen and oxygen atoms in total. The first kappa shape index (κ1) is 48.0. The molecule has 0 amide bonds. The van der Waals surface area contributed by atoms with Crippen LogP contribution in [-0.4, -0.2) is 73.5 Å². The van der Waals surface area contributed by atoms with E-state index in [-0.39, 0.29) is 4.70 Å². The van der Waals surface area contributed by atoms with Gasteiger partial charge in [0, 0.05) is 0 Å². The molecular weight excluding hydrogens is 544 g/mol. The molecule has 0 spiro atoms. The molecule has 0 saturated carbocycles. The molecule has 42 heavy (non-hydrogen) atoms. The number of carboxylic acid groups (broad SMARTS) is 1. The van der Waals surface area contributed by atoms with Crippen LogP contribution in [0.5, 0.6) is 0 Å². The highest BCUT2D eigenvalue weighted by molar-refractivity contribution is 5.70. The summed E-state index contributed by atoms with van der Waals surface area (Å²) >= 11 is 0. The third kappa shape index (κ3) is 27.9. The number of quaternary nitrogens is 2. The summed E-state index contributed by atoms with van der Waals surface area (Å²) in [5, 5.41) is 8.78. The molecule has 0 heterocycles. The van der Waals surface area contributed by atoms with E-state index in [1.165, 1.54) is 164 Å². The van der Waals surface area contributed by atoms with Crippen molar-refractivity contribution in [1.82, 2.24) is 0 Å². The van der Waals surface area contributed by atoms with Gasteiger partial charge in [0.15, 0.2) is 0 Å². The van der Waals surface area contributed by atoms with Crippen molar-refractivity contribution in [3.8, 4) is 0 Å². The Morgan fingerprint density at radius 1 is 0.452 bits per heavy atom. The smallest absolute Gasteiger partial charge is 0.430 e. The van der Waals surface area contributed by atoms with Crippen molar-refractivity contribution in [3.05, 3.63) is 0 Å². The molecule has 0 rings (SSSR count). The van der Waals surface area contributed by atoms with Gasteiger partial charge in [0.25, 0.3) is 0 Å². The lowest BCUT2D eigenvalue weighted by Gasteiger charge is -2.39. The Labute approximate surface area is 259 Å². The SMILES string of the molecule is CCCC[N+](CCCC)(CCCC)CCCC.CCCC[N+](CCCC)(CCCC)CCCC.O=C([O-])C(F)(F)F.[F-]. The van der Waals surface area contributed by atoms with E-state index >= 15 is 0 Å². The monoisotopic (exact) mass is 617 g/mol. The Morgan fingerprint density at radius 2 is 0.571 bits per heavy atom. The van der Waals surface area contributed by atoms with Gasteiger partial charge in [-0.3, -0.25) is 0 Å². The standard InChI is InChI=1S/2C16H36N.C2HF3O2.FH/c2*1-5-9-13-17(14-10-6-2,15-11-7-3)16-12-8-4;3-2(4,5)1(6)7;/h2*5-16H2,1-4H3;(H,6,7);1H/q2*+1;;/p-2. The van der Waals surface area contributed by atoms with Crippen LogP contribution in [0.1, 0.15) is 158 Å². The van der Waals surface area contributed by atoms with Crippen LogP contribution < -0.4 is 9.81 Å². The van der Waals surface area contributed by atoms with Crippen LogP contribution in [0.2, 0.25) is 0 Å². The molecule has 0 aromatic rings. The van der Waals surface area contributed by atoms with E-state index in [2.05, 4.69) is 55.4 Å². The number of alkyl halides is 3. The Hall–Kier alpha value is -0.890. The number of halogens is 4. The summed E-state index contributed by atoms with van der Waals surface area (Å²) < 4.78 is 34.4. The molecule has 258 valence electrons. The molecule has 0 saturated heterocycles. The van der Waals surface area contributed by atoms with E-state index in [4.69, 9.17) is 9.90 Å². The van der Waals surface area contributed by atoms with E-state index in [0.29, 0.717) is 0 Å². The first-order chi connectivity index (χ1) is 19.4. The number of hydrogen-bond donors (Lipinski definition) is 0. The Balaban J connectivity index is -0.000000276. The van der Waals surface area contributed by atoms with Gasteiger partial charge in [-0.05, 0) is 51.4 Å². The number of aliphatic carboxylic acids is 1. The average molecular weight is 617 g/mol. The Kier molecular flexibility index (Phi) is 36.1. The molecule has 0 unspecified atom stereocenters. The summed E-state index contributed by atoms with van der Waals surface area (Å²) in [5.74, 6) is -3.01. The maximum atomic E-state index is 10.5. The van der Waals surface area contributed by atoms with E-state index < -0.39 is 12.1 Å². The van der Waals surface area contributed by atoms with Gasteiger partial charge in [0.2, 0.25) is 0 Å². The second-order valence-corrected chi connectivity index (χ2v) is 12.1. The van der Waals surface area contributed by atoms with Crippen LogP contribution in [0.25, 0.3) is 0 Å². The highest BCUT2D eigenvalue weighted by Crippen LogP contribution is 2.18. The maximum absolute atomic E-state index is 10.5. The number of carbonyl (C=O) groups excluding carboxylic acids is 1. The predicted molar refractivity (Wildman–Crippen MR) is 170 cm³/mol. The lowest BCUT2D eigenvalue weighted by molar-refractivity contribution is -0.929. The molecule has 0 aliphatic heterocycles. The normalized spacial score (nSPS) is 11.6. The zero-order chi connectivity index (χ0) is 32.0. The van der Waals surface area contributed by atoms with Gasteiger partial charge in [-0.15, -0.1) is 0 Å². The van der Waals surface area contributed by atoms with Crippen LogP contribution in [0, 0.1) is 0 Å². The van der Waals surface area contributed by atoms with Crippen LogP contribution in [-0.2, 0) is 4.79 Å². The van der Waals surface area contributed by atoms with Crippen molar-refractivity contribution < 1.29 is 36.7 Å². The van der Waals surface area contributed by atoms with E-state index in [1.807, 2.05) is 0 Å². The van der Waals surface area contributed by atoms with E-state index in [0.717, 1.165) is 0 Å². The van der Waals surface area contributed by atoms with Gasteiger partial charge in [0.05, 0.1) is 52.4 Å². The molecular formula is C34H72F4N2O2. The Morgan fingerprint density at radius 3 is 0.643 bits per heavy atom. The van der Waals surface area contributed by atoms with Crippen molar-refractivity contribution in [2.24, 2.45) is 0 Å². The summed E-state index contributed by atoms with van der Waals surface area (Å²) in [6.45, 7) is 30.0. The zero-order valence-electron chi connectivity index (χ0n) is 29.2. The van der Waals surface area contributed by atoms with Crippen molar-refractivity contribution in [3.63, 3.8) is 0 Å². The average Bonchev–Trinajstić information content (AvgIpc) is 2.96. The lowest BCUT2D eigenvalue weighted by Crippen LogP contribution is -3.00. The van der Waals surface area contributed by atoms with Gasteiger partial charge >= 0.3 is 6.18 Å². The first-order valence-corrected chi connectivity index (χ1v) is 17.4. The molecule has 0 atom stereocenters. The fraction of sp³-hybridized carbons (Fsp3) is 0.971. The van der Waals surface area contributed by atoms with E-state index in [9.17, 15) is 13.2 Å². The van der Waals surface area contributed by atoms with Gasteiger partial charge in [-0.25, -0.2) is 0 Å². The second-order valence-electron chi connectivity index (χ2n) is 12.1. The number of carboxylic acids is 1. The highest BCUT2D eigenvalue weighted by Gasteiger charge is 2.29. The topological polar surface area (TPSA) is 40.1 Å². The summed E-state index contributed by atoms with van der Waals surface area (Å²) in [4.78, 5) is 8.78. The molecule has 0 fully saturated rings. The van der Waals surface area contributed by atoms with Crippen molar-refractivity contribution in [2.45, 2.75) is 164 Å². The van der Waals surface area contributed by atoms with Gasteiger partial charge < -0.3 is 23.6 Å². The predicted octanol–water partition coefficient (Wildman–Crippen LogP) is 6.31. The van der Waals surface area contributed by atoms with Gasteiger partial charge in [-0.1, -0.05) is 107 Å². The van der Waals surface area contributed by atoms with Crippen LogP contribution in [0.15, 0.2) is 0 Å². The third-order valence-electron chi connectivity index (χ3n) is 8.12. The third-order valence-corrected chi connectivity index (χ3v) is 8.12. The number of nitrogens with zero attached hydrogens (tertiary/aromatic N) is 2. The summed E-state index contributed by atoms with van der Waals surface area (Å²) in [6.07, 6.45) is 16.9. The minimum Gasteiger partial charge on any atom is -1.00 e. The summed E-state index contributed by atoms with van der Waals surface area (Å²) in [6, 6.07) is 0. The van der Waals surface area contributed by atoms with Crippen molar-refractivity contribution in [1.29, 1.82) is 0 Å². The minimum atomic E-state index is -5.19. The maximum Gasteiger partial charge on any atom is 0.430 e.